The van der Waals surface area contributed by atoms with Gasteiger partial charge in [-0.1, -0.05) is 6.92 Å². The predicted octanol–water partition coefficient (Wildman–Crippen LogP) is 1.34. The topological polar surface area (TPSA) is 61.8 Å². The highest BCUT2D eigenvalue weighted by molar-refractivity contribution is 6.02. The molecule has 0 aliphatic rings. The second kappa shape index (κ2) is 9.13. The third-order valence-electron chi connectivity index (χ3n) is 2.18. The maximum Gasteiger partial charge on any atom is 0.343 e. The summed E-state index contributed by atoms with van der Waals surface area (Å²) in [6.45, 7) is 7.74. The van der Waals surface area contributed by atoms with Crippen LogP contribution in [0.2, 0.25) is 0 Å². The third kappa shape index (κ3) is 6.38. The molecule has 0 aromatic carbocycles. The lowest BCUT2D eigenvalue weighted by Gasteiger charge is -2.17. The molecule has 5 nitrogen and oxygen atoms in total. The van der Waals surface area contributed by atoms with Gasteiger partial charge in [-0.3, -0.25) is 4.79 Å². The highest BCUT2D eigenvalue weighted by Crippen LogP contribution is 2.04. The van der Waals surface area contributed by atoms with E-state index in [0.717, 1.165) is 0 Å². The highest BCUT2D eigenvalue weighted by Gasteiger charge is 2.29. The molecule has 0 N–H and O–H groups in total. The van der Waals surface area contributed by atoms with Crippen LogP contribution in [0.1, 0.15) is 34.1 Å². The predicted molar refractivity (Wildman–Crippen MR) is 62.8 cm³/mol. The summed E-state index contributed by atoms with van der Waals surface area (Å²) < 4.78 is 15.1. The van der Waals surface area contributed by atoms with E-state index in [2.05, 4.69) is 0 Å². The highest BCUT2D eigenvalue weighted by atomic mass is 16.6. The van der Waals surface area contributed by atoms with Crippen LogP contribution in [-0.4, -0.2) is 43.8 Å². The Morgan fingerprint density at radius 1 is 1.12 bits per heavy atom. The molecule has 0 aliphatic carbocycles. The molecular weight excluding hydrogens is 224 g/mol. The van der Waals surface area contributed by atoms with E-state index in [9.17, 15) is 9.59 Å². The van der Waals surface area contributed by atoms with E-state index < -0.39 is 17.9 Å². The molecule has 0 aliphatic heterocycles. The van der Waals surface area contributed by atoms with Crippen LogP contribution in [0.5, 0.6) is 0 Å². The van der Waals surface area contributed by atoms with Crippen molar-refractivity contribution in [1.82, 2.24) is 0 Å². The first-order valence-electron chi connectivity index (χ1n) is 5.99. The molecule has 17 heavy (non-hydrogen) atoms. The molecule has 0 radical (unpaired) electrons. The quantitative estimate of drug-likeness (QED) is 0.454. The lowest BCUT2D eigenvalue weighted by Crippen LogP contribution is -2.38. The van der Waals surface area contributed by atoms with Gasteiger partial charge in [-0.25, -0.2) is 4.79 Å². The Morgan fingerprint density at radius 2 is 1.76 bits per heavy atom. The molecule has 0 saturated carbocycles. The first kappa shape index (κ1) is 16.1. The van der Waals surface area contributed by atoms with Crippen LogP contribution in [0.3, 0.4) is 0 Å². The third-order valence-corrected chi connectivity index (χ3v) is 2.18. The van der Waals surface area contributed by atoms with E-state index in [1.54, 1.807) is 20.8 Å². The molecule has 0 aromatic rings. The monoisotopic (exact) mass is 246 g/mol. The fourth-order valence-corrected chi connectivity index (χ4v) is 1.08. The fraction of sp³-hybridized carbons (Fsp3) is 0.833. The molecule has 0 aromatic heterocycles. The summed E-state index contributed by atoms with van der Waals surface area (Å²) in [7, 11) is 0. The van der Waals surface area contributed by atoms with E-state index in [1.807, 2.05) is 6.92 Å². The van der Waals surface area contributed by atoms with Crippen LogP contribution in [-0.2, 0) is 23.8 Å². The average molecular weight is 246 g/mol. The van der Waals surface area contributed by atoms with Crippen molar-refractivity contribution in [3.8, 4) is 0 Å². The van der Waals surface area contributed by atoms with Gasteiger partial charge < -0.3 is 14.2 Å². The molecule has 0 fully saturated rings. The number of carbonyl (C=O) groups is 2. The minimum Gasteiger partial charge on any atom is -0.460 e. The first-order chi connectivity index (χ1) is 8.06. The van der Waals surface area contributed by atoms with Crippen molar-refractivity contribution in [1.29, 1.82) is 0 Å². The van der Waals surface area contributed by atoms with Crippen molar-refractivity contribution in [3.05, 3.63) is 0 Å². The van der Waals surface area contributed by atoms with Crippen molar-refractivity contribution in [2.45, 2.75) is 46.3 Å². The summed E-state index contributed by atoms with van der Waals surface area (Å²) in [5.41, 5.74) is 0. The number of hydrogen-bond acceptors (Lipinski definition) is 5. The van der Waals surface area contributed by atoms with Gasteiger partial charge in [0.1, 0.15) is 6.61 Å². The molecule has 5 heteroatoms. The molecule has 0 saturated heterocycles. The molecule has 100 valence electrons. The summed E-state index contributed by atoms with van der Waals surface area (Å²) in [6.07, 6.45) is -0.685. The Morgan fingerprint density at radius 3 is 2.24 bits per heavy atom. The van der Waals surface area contributed by atoms with E-state index in [1.165, 1.54) is 0 Å². The Kier molecular flexibility index (Phi) is 8.62. The molecule has 0 spiro atoms. The van der Waals surface area contributed by atoms with Gasteiger partial charge in [0.2, 0.25) is 6.10 Å². The van der Waals surface area contributed by atoms with Crippen molar-refractivity contribution in [2.24, 2.45) is 0 Å². The van der Waals surface area contributed by atoms with Crippen molar-refractivity contribution in [3.63, 3.8) is 0 Å². The van der Waals surface area contributed by atoms with Gasteiger partial charge in [-0.15, -0.1) is 0 Å². The minimum absolute atomic E-state index is 0.128. The van der Waals surface area contributed by atoms with Crippen LogP contribution in [0.25, 0.3) is 0 Å². The van der Waals surface area contributed by atoms with E-state index in [-0.39, 0.29) is 19.3 Å². The van der Waals surface area contributed by atoms with Crippen LogP contribution in [0, 0.1) is 0 Å². The van der Waals surface area contributed by atoms with E-state index in [4.69, 9.17) is 14.2 Å². The second-order valence-corrected chi connectivity index (χ2v) is 3.59. The molecular formula is C12H22O5. The summed E-state index contributed by atoms with van der Waals surface area (Å²) in [5.74, 6) is -1.03. The zero-order chi connectivity index (χ0) is 13.3. The van der Waals surface area contributed by atoms with Crippen LogP contribution in [0.15, 0.2) is 0 Å². The standard InChI is InChI=1S/C12H22O5/c1-5-9(4)17-12(14)11(16-7-3)10(13)8-15-6-2/h9,11H,5-8H2,1-4H3. The Labute approximate surface area is 102 Å². The number of esters is 1. The molecule has 0 amide bonds. The summed E-state index contributed by atoms with van der Waals surface area (Å²) >= 11 is 0. The van der Waals surface area contributed by atoms with Crippen LogP contribution < -0.4 is 0 Å². The maximum atomic E-state index is 11.7. The van der Waals surface area contributed by atoms with Crippen LogP contribution in [0.4, 0.5) is 0 Å². The molecule has 2 unspecified atom stereocenters. The van der Waals surface area contributed by atoms with Gasteiger partial charge in [-0.05, 0) is 27.2 Å². The number of ketones is 1. The Bertz CT molecular complexity index is 239. The largest absolute Gasteiger partial charge is 0.460 e. The average Bonchev–Trinajstić information content (AvgIpc) is 2.32. The Balaban J connectivity index is 4.38. The number of rotatable bonds is 9. The fourth-order valence-electron chi connectivity index (χ4n) is 1.08. The Hall–Kier alpha value is -0.940. The van der Waals surface area contributed by atoms with E-state index in [0.29, 0.717) is 13.0 Å². The molecule has 0 rings (SSSR count). The molecule has 0 heterocycles. The van der Waals surface area contributed by atoms with Crippen molar-refractivity contribution >= 4 is 11.8 Å². The van der Waals surface area contributed by atoms with Gasteiger partial charge in [0.05, 0.1) is 6.10 Å². The zero-order valence-corrected chi connectivity index (χ0v) is 11.0. The molecule has 2 atom stereocenters. The normalized spacial score (nSPS) is 14.1. The molecule has 0 bridgehead atoms. The van der Waals surface area contributed by atoms with Gasteiger partial charge in [0.25, 0.3) is 0 Å². The smallest absolute Gasteiger partial charge is 0.343 e. The lowest BCUT2D eigenvalue weighted by atomic mass is 10.2. The van der Waals surface area contributed by atoms with Gasteiger partial charge in [0, 0.05) is 13.2 Å². The SMILES string of the molecule is CCOCC(=O)C(OCC)C(=O)OC(C)CC. The summed E-state index contributed by atoms with van der Waals surface area (Å²) in [6, 6.07) is 0. The van der Waals surface area contributed by atoms with Gasteiger partial charge in [0.15, 0.2) is 5.78 Å². The maximum absolute atomic E-state index is 11.7. The number of carbonyl (C=O) groups excluding carboxylic acids is 2. The van der Waals surface area contributed by atoms with Crippen LogP contribution >= 0.6 is 0 Å². The number of Topliss-reactive ketones (excluding diaryl/α,β-unsaturated/α-hetero) is 1. The van der Waals surface area contributed by atoms with Crippen molar-refractivity contribution < 1.29 is 23.8 Å². The van der Waals surface area contributed by atoms with Crippen molar-refractivity contribution in [2.75, 3.05) is 19.8 Å². The minimum atomic E-state index is -1.17. The number of hydrogen-bond donors (Lipinski definition) is 0. The first-order valence-corrected chi connectivity index (χ1v) is 5.99. The van der Waals surface area contributed by atoms with Gasteiger partial charge in [-0.2, -0.15) is 0 Å². The summed E-state index contributed by atoms with van der Waals surface area (Å²) in [4.78, 5) is 23.3. The van der Waals surface area contributed by atoms with E-state index >= 15 is 0 Å². The summed E-state index contributed by atoms with van der Waals surface area (Å²) in [5, 5.41) is 0. The lowest BCUT2D eigenvalue weighted by molar-refractivity contribution is -0.166. The second-order valence-electron chi connectivity index (χ2n) is 3.59. The number of ether oxygens (including phenoxy) is 3. The van der Waals surface area contributed by atoms with Gasteiger partial charge >= 0.3 is 5.97 Å². The zero-order valence-electron chi connectivity index (χ0n) is 11.0.